The predicted octanol–water partition coefficient (Wildman–Crippen LogP) is 5.25. The van der Waals surface area contributed by atoms with Crippen LogP contribution in [0.2, 0.25) is 0 Å². The Morgan fingerprint density at radius 2 is 0.792 bits per heavy atom. The van der Waals surface area contributed by atoms with Crippen LogP contribution in [0.15, 0.2) is 0 Å². The SMILES string of the molecule is O=CCOCCOCCNC(=O)CCCCOCCNC(=O)CCCNC(=O)CCCCCCCCCCCCCCCCCC(=O)O. The lowest BCUT2D eigenvalue weighted by atomic mass is 10.0. The van der Waals surface area contributed by atoms with Gasteiger partial charge in [-0.3, -0.25) is 19.2 Å². The lowest BCUT2D eigenvalue weighted by molar-refractivity contribution is -0.137. The molecule has 0 spiro atoms. The summed E-state index contributed by atoms with van der Waals surface area (Å²) >= 11 is 0. The number of carbonyl (C=O) groups is 5. The Balaban J connectivity index is 3.33. The zero-order chi connectivity index (χ0) is 35.2. The number of aldehydes is 1. The molecule has 0 aliphatic rings. The van der Waals surface area contributed by atoms with Crippen molar-refractivity contribution in [1.29, 1.82) is 0 Å². The van der Waals surface area contributed by atoms with Gasteiger partial charge in [0.15, 0.2) is 0 Å². The topological polar surface area (TPSA) is 169 Å². The molecule has 0 aliphatic heterocycles. The maximum atomic E-state index is 12.0. The fourth-order valence-corrected chi connectivity index (χ4v) is 5.07. The highest BCUT2D eigenvalue weighted by Gasteiger charge is 2.05. The van der Waals surface area contributed by atoms with Crippen molar-refractivity contribution in [2.45, 2.75) is 141 Å². The first-order valence-corrected chi connectivity index (χ1v) is 18.6. The van der Waals surface area contributed by atoms with Crippen molar-refractivity contribution in [3.63, 3.8) is 0 Å². The normalized spacial score (nSPS) is 10.9. The number of carboxylic acid groups (broad SMARTS) is 1. The molecule has 0 aromatic carbocycles. The van der Waals surface area contributed by atoms with Crippen LogP contribution in [0, 0.1) is 0 Å². The maximum absolute atomic E-state index is 12.0. The van der Waals surface area contributed by atoms with E-state index in [1.165, 1.54) is 64.2 Å². The van der Waals surface area contributed by atoms with Gasteiger partial charge in [0.1, 0.15) is 12.9 Å². The number of aliphatic carboxylic acids is 1. The molecule has 0 unspecified atom stereocenters. The summed E-state index contributed by atoms with van der Waals surface area (Å²) in [6.07, 6.45) is 22.1. The second kappa shape index (κ2) is 37.3. The monoisotopic (exact) mass is 685 g/mol. The Morgan fingerprint density at radius 1 is 0.417 bits per heavy atom. The number of ether oxygens (including phenoxy) is 3. The van der Waals surface area contributed by atoms with Crippen LogP contribution in [0.1, 0.15) is 141 Å². The molecule has 0 aromatic rings. The van der Waals surface area contributed by atoms with Crippen molar-refractivity contribution < 1.29 is 43.3 Å². The maximum Gasteiger partial charge on any atom is 0.303 e. The minimum Gasteiger partial charge on any atom is -0.481 e. The molecule has 12 nitrogen and oxygen atoms in total. The van der Waals surface area contributed by atoms with Gasteiger partial charge < -0.3 is 40.1 Å². The summed E-state index contributed by atoms with van der Waals surface area (Å²) in [5.74, 6) is -0.711. The lowest BCUT2D eigenvalue weighted by Gasteiger charge is -2.08. The Labute approximate surface area is 289 Å². The molecule has 0 atom stereocenters. The van der Waals surface area contributed by atoms with Crippen LogP contribution in [0.3, 0.4) is 0 Å². The molecule has 3 amide bonds. The third-order valence-electron chi connectivity index (χ3n) is 7.83. The smallest absolute Gasteiger partial charge is 0.303 e. The molecular formula is C36H67N3O9. The Bertz CT molecular complexity index is 799. The molecule has 4 N–H and O–H groups in total. The third-order valence-corrected chi connectivity index (χ3v) is 7.83. The van der Waals surface area contributed by atoms with E-state index in [0.717, 1.165) is 38.5 Å². The molecule has 0 aromatic heterocycles. The quantitative estimate of drug-likeness (QED) is 0.0501. The van der Waals surface area contributed by atoms with Gasteiger partial charge in [0, 0.05) is 51.9 Å². The Morgan fingerprint density at radius 3 is 1.27 bits per heavy atom. The summed E-state index contributed by atoms with van der Waals surface area (Å²) in [5, 5.41) is 17.2. The van der Waals surface area contributed by atoms with Crippen molar-refractivity contribution in [2.24, 2.45) is 0 Å². The molecule has 48 heavy (non-hydrogen) atoms. The van der Waals surface area contributed by atoms with Gasteiger partial charge in [0.25, 0.3) is 0 Å². The third kappa shape index (κ3) is 37.9. The van der Waals surface area contributed by atoms with Gasteiger partial charge in [-0.2, -0.15) is 0 Å². The van der Waals surface area contributed by atoms with Crippen LogP contribution in [0.25, 0.3) is 0 Å². The van der Waals surface area contributed by atoms with E-state index in [1.54, 1.807) is 0 Å². The number of unbranched alkanes of at least 4 members (excludes halogenated alkanes) is 15. The van der Waals surface area contributed by atoms with E-state index in [2.05, 4.69) is 16.0 Å². The Kier molecular flexibility index (Phi) is 35.3. The summed E-state index contributed by atoms with van der Waals surface area (Å²) in [6.45, 7) is 3.52. The van der Waals surface area contributed by atoms with E-state index >= 15 is 0 Å². The molecule has 0 fully saturated rings. The van der Waals surface area contributed by atoms with E-state index in [0.29, 0.717) is 97.5 Å². The fourth-order valence-electron chi connectivity index (χ4n) is 5.07. The van der Waals surface area contributed by atoms with Crippen molar-refractivity contribution in [3.8, 4) is 0 Å². The van der Waals surface area contributed by atoms with Gasteiger partial charge in [-0.05, 0) is 32.1 Å². The molecular weight excluding hydrogens is 618 g/mol. The lowest BCUT2D eigenvalue weighted by Crippen LogP contribution is -2.29. The van der Waals surface area contributed by atoms with Crippen LogP contribution in [0.5, 0.6) is 0 Å². The number of rotatable bonds is 38. The first-order chi connectivity index (χ1) is 23.5. The van der Waals surface area contributed by atoms with E-state index < -0.39 is 5.97 Å². The van der Waals surface area contributed by atoms with Crippen LogP contribution in [0.4, 0.5) is 0 Å². The first-order valence-electron chi connectivity index (χ1n) is 18.6. The van der Waals surface area contributed by atoms with Gasteiger partial charge in [0.05, 0.1) is 26.4 Å². The minimum atomic E-state index is -0.687. The van der Waals surface area contributed by atoms with Crippen LogP contribution in [-0.2, 0) is 38.2 Å². The largest absolute Gasteiger partial charge is 0.481 e. The van der Waals surface area contributed by atoms with Crippen LogP contribution in [-0.4, -0.2) is 94.4 Å². The van der Waals surface area contributed by atoms with Gasteiger partial charge in [-0.1, -0.05) is 83.5 Å². The number of amides is 3. The second-order valence-electron chi connectivity index (χ2n) is 12.3. The van der Waals surface area contributed by atoms with Crippen molar-refractivity contribution in [1.82, 2.24) is 16.0 Å². The molecule has 0 saturated heterocycles. The predicted molar refractivity (Wildman–Crippen MR) is 187 cm³/mol. The fraction of sp³-hybridized carbons (Fsp3) is 0.861. The summed E-state index contributed by atoms with van der Waals surface area (Å²) in [5.41, 5.74) is 0. The highest BCUT2D eigenvalue weighted by atomic mass is 16.5. The number of carbonyl (C=O) groups excluding carboxylic acids is 4. The number of hydrogen-bond donors (Lipinski definition) is 4. The van der Waals surface area contributed by atoms with Crippen molar-refractivity contribution in [3.05, 3.63) is 0 Å². The van der Waals surface area contributed by atoms with Crippen LogP contribution >= 0.6 is 0 Å². The highest BCUT2D eigenvalue weighted by molar-refractivity contribution is 5.77. The van der Waals surface area contributed by atoms with E-state index in [1.807, 2.05) is 0 Å². The molecule has 0 bridgehead atoms. The summed E-state index contributed by atoms with van der Waals surface area (Å²) < 4.78 is 15.8. The summed E-state index contributed by atoms with van der Waals surface area (Å²) in [6, 6.07) is 0. The molecule has 0 aliphatic carbocycles. The van der Waals surface area contributed by atoms with Gasteiger partial charge in [0.2, 0.25) is 17.7 Å². The molecule has 12 heteroatoms. The Hall–Kier alpha value is -2.57. The van der Waals surface area contributed by atoms with Crippen LogP contribution < -0.4 is 16.0 Å². The average molecular weight is 686 g/mol. The van der Waals surface area contributed by atoms with E-state index in [4.69, 9.17) is 19.3 Å². The zero-order valence-corrected chi connectivity index (χ0v) is 29.7. The van der Waals surface area contributed by atoms with Gasteiger partial charge in [-0.15, -0.1) is 0 Å². The molecule has 0 radical (unpaired) electrons. The summed E-state index contributed by atoms with van der Waals surface area (Å²) in [7, 11) is 0. The van der Waals surface area contributed by atoms with Crippen molar-refractivity contribution >= 4 is 30.0 Å². The molecule has 0 heterocycles. The number of carboxylic acids is 1. The molecule has 0 saturated carbocycles. The van der Waals surface area contributed by atoms with Gasteiger partial charge in [-0.25, -0.2) is 0 Å². The average Bonchev–Trinajstić information content (AvgIpc) is 3.06. The standard InChI is InChI=1S/C36H67N3O9/c40-26-30-48-32-31-47-29-25-38-34(42)20-16-17-27-46-28-24-39-35(43)21-18-23-37-33(41)19-14-12-10-8-6-4-2-1-3-5-7-9-11-13-15-22-36(44)45/h26H,1-25,27-32H2,(H,37,41)(H,38,42)(H,39,43)(H,44,45). The first kappa shape index (κ1) is 45.4. The molecule has 280 valence electrons. The number of hydrogen-bond acceptors (Lipinski definition) is 8. The highest BCUT2D eigenvalue weighted by Crippen LogP contribution is 2.14. The minimum absolute atomic E-state index is 0.0317. The molecule has 0 rings (SSSR count). The van der Waals surface area contributed by atoms with Crippen molar-refractivity contribution in [2.75, 3.05) is 59.3 Å². The summed E-state index contributed by atoms with van der Waals surface area (Å²) in [4.78, 5) is 56.4. The second-order valence-corrected chi connectivity index (χ2v) is 12.3. The van der Waals surface area contributed by atoms with E-state index in [-0.39, 0.29) is 24.3 Å². The zero-order valence-electron chi connectivity index (χ0n) is 29.7. The number of nitrogens with one attached hydrogen (secondary N) is 3. The van der Waals surface area contributed by atoms with E-state index in [9.17, 15) is 24.0 Å². The van der Waals surface area contributed by atoms with Gasteiger partial charge >= 0.3 is 5.97 Å².